The smallest absolute Gasteiger partial charge is 0.155 e. The molecule has 6 atom stereocenters. The van der Waals surface area contributed by atoms with E-state index in [1.807, 2.05) is 6.08 Å². The molecule has 4 aliphatic rings. The minimum atomic E-state index is -0.145. The second-order valence-corrected chi connectivity index (χ2v) is 8.50. The Bertz CT molecular complexity index is 525. The molecule has 0 amide bonds. The van der Waals surface area contributed by atoms with E-state index in [2.05, 4.69) is 6.92 Å². The Labute approximate surface area is 132 Å². The number of aliphatic hydroxyl groups excluding tert-OH is 2. The summed E-state index contributed by atoms with van der Waals surface area (Å²) in [6, 6.07) is 0. The molecule has 0 spiro atoms. The largest absolute Gasteiger partial charge is 0.395 e. The number of ketones is 1. The summed E-state index contributed by atoms with van der Waals surface area (Å²) in [5, 5.41) is 20.7. The number of fused-ring (bicyclic) bond motifs is 5. The van der Waals surface area contributed by atoms with Crippen LogP contribution in [0.5, 0.6) is 0 Å². The van der Waals surface area contributed by atoms with E-state index in [4.69, 9.17) is 0 Å². The third-order valence-electron chi connectivity index (χ3n) is 7.92. The van der Waals surface area contributed by atoms with Gasteiger partial charge in [-0.3, -0.25) is 4.79 Å². The second-order valence-electron chi connectivity index (χ2n) is 8.50. The summed E-state index contributed by atoms with van der Waals surface area (Å²) >= 11 is 0. The summed E-state index contributed by atoms with van der Waals surface area (Å²) < 4.78 is 0. The van der Waals surface area contributed by atoms with Crippen LogP contribution < -0.4 is 0 Å². The van der Waals surface area contributed by atoms with Crippen molar-refractivity contribution in [2.45, 2.75) is 64.4 Å². The van der Waals surface area contributed by atoms with Gasteiger partial charge in [-0.15, -0.1) is 0 Å². The fraction of sp³-hybridized carbons (Fsp3) is 0.842. The fourth-order valence-corrected chi connectivity index (χ4v) is 6.63. The van der Waals surface area contributed by atoms with Crippen LogP contribution in [0.15, 0.2) is 11.6 Å². The van der Waals surface area contributed by atoms with Gasteiger partial charge in [-0.25, -0.2) is 0 Å². The van der Waals surface area contributed by atoms with E-state index in [1.54, 1.807) is 0 Å². The van der Waals surface area contributed by atoms with Crippen molar-refractivity contribution in [3.63, 3.8) is 0 Å². The maximum atomic E-state index is 11.8. The number of aliphatic hydroxyl groups is 2. The van der Waals surface area contributed by atoms with Crippen molar-refractivity contribution in [3.8, 4) is 0 Å². The van der Waals surface area contributed by atoms with E-state index in [-0.39, 0.29) is 29.3 Å². The molecule has 3 heteroatoms. The van der Waals surface area contributed by atoms with Crippen LogP contribution in [0.3, 0.4) is 0 Å². The second kappa shape index (κ2) is 4.91. The van der Waals surface area contributed by atoms with Crippen LogP contribution in [-0.2, 0) is 4.79 Å². The normalized spacial score (nSPS) is 50.9. The summed E-state index contributed by atoms with van der Waals surface area (Å²) in [5.74, 6) is 1.97. The Morgan fingerprint density at radius 3 is 2.73 bits per heavy atom. The Morgan fingerprint density at radius 2 is 1.95 bits per heavy atom. The van der Waals surface area contributed by atoms with Crippen molar-refractivity contribution in [1.82, 2.24) is 0 Å². The zero-order valence-corrected chi connectivity index (χ0v) is 13.6. The van der Waals surface area contributed by atoms with Crippen LogP contribution in [-0.4, -0.2) is 28.7 Å². The lowest BCUT2D eigenvalue weighted by Crippen LogP contribution is -2.53. The molecule has 0 saturated heterocycles. The molecule has 3 fully saturated rings. The average molecular weight is 304 g/mol. The first-order chi connectivity index (χ1) is 10.5. The van der Waals surface area contributed by atoms with Gasteiger partial charge in [0.1, 0.15) is 0 Å². The van der Waals surface area contributed by atoms with Gasteiger partial charge in [0.2, 0.25) is 0 Å². The van der Waals surface area contributed by atoms with Crippen LogP contribution in [0.2, 0.25) is 0 Å². The maximum absolute atomic E-state index is 11.8. The topological polar surface area (TPSA) is 57.5 Å². The molecule has 3 nitrogen and oxygen atoms in total. The molecule has 4 rings (SSSR count). The summed E-state index contributed by atoms with van der Waals surface area (Å²) in [6.07, 6.45) is 9.49. The molecule has 0 bridgehead atoms. The van der Waals surface area contributed by atoms with Crippen molar-refractivity contribution in [3.05, 3.63) is 11.6 Å². The summed E-state index contributed by atoms with van der Waals surface area (Å²) in [7, 11) is 0. The predicted octanol–water partition coefficient (Wildman–Crippen LogP) is 2.85. The lowest BCUT2D eigenvalue weighted by Gasteiger charge is -2.58. The van der Waals surface area contributed by atoms with Crippen LogP contribution in [0, 0.1) is 28.6 Å². The zero-order valence-electron chi connectivity index (χ0n) is 13.6. The quantitative estimate of drug-likeness (QED) is 0.783. The molecule has 2 N–H and O–H groups in total. The van der Waals surface area contributed by atoms with E-state index in [9.17, 15) is 15.0 Å². The standard InChI is InChI=1S/C19H28O3/c1-18-8-7-16-14(15(18)4-5-17(18)22)3-2-12-10-13(21)6-9-19(12,16)11-20/h10,14-17,20,22H,2-9,11H2,1H3/t14-,15?,16?,17-,18-,19+/m0/s1. The van der Waals surface area contributed by atoms with Gasteiger partial charge >= 0.3 is 0 Å². The van der Waals surface area contributed by atoms with Gasteiger partial charge in [0.15, 0.2) is 5.78 Å². The molecule has 4 aliphatic carbocycles. The van der Waals surface area contributed by atoms with E-state index in [0.717, 1.165) is 44.9 Å². The maximum Gasteiger partial charge on any atom is 0.155 e. The van der Waals surface area contributed by atoms with Crippen LogP contribution in [0.1, 0.15) is 58.3 Å². The summed E-state index contributed by atoms with van der Waals surface area (Å²) in [4.78, 5) is 11.8. The zero-order chi connectivity index (χ0) is 15.5. The minimum Gasteiger partial charge on any atom is -0.395 e. The number of hydrogen-bond acceptors (Lipinski definition) is 3. The van der Waals surface area contributed by atoms with E-state index < -0.39 is 0 Å². The third kappa shape index (κ3) is 1.78. The highest BCUT2D eigenvalue weighted by Gasteiger charge is 2.59. The van der Waals surface area contributed by atoms with Crippen molar-refractivity contribution in [1.29, 1.82) is 0 Å². The minimum absolute atomic E-state index is 0.0868. The predicted molar refractivity (Wildman–Crippen MR) is 84.1 cm³/mol. The Hall–Kier alpha value is -0.670. The highest BCUT2D eigenvalue weighted by molar-refractivity contribution is 5.91. The Morgan fingerprint density at radius 1 is 1.14 bits per heavy atom. The van der Waals surface area contributed by atoms with Crippen molar-refractivity contribution in [2.75, 3.05) is 6.61 Å². The van der Waals surface area contributed by atoms with Crippen molar-refractivity contribution in [2.24, 2.45) is 28.6 Å². The number of rotatable bonds is 1. The molecule has 0 aromatic heterocycles. The van der Waals surface area contributed by atoms with Gasteiger partial charge in [-0.05, 0) is 74.2 Å². The van der Waals surface area contributed by atoms with E-state index >= 15 is 0 Å². The monoisotopic (exact) mass is 304 g/mol. The lowest BCUT2D eigenvalue weighted by atomic mass is 9.47. The molecular weight excluding hydrogens is 276 g/mol. The molecule has 0 heterocycles. The fourth-order valence-electron chi connectivity index (χ4n) is 6.63. The van der Waals surface area contributed by atoms with Gasteiger partial charge < -0.3 is 10.2 Å². The van der Waals surface area contributed by atoms with E-state index in [0.29, 0.717) is 24.2 Å². The molecule has 0 aromatic rings. The summed E-state index contributed by atoms with van der Waals surface area (Å²) in [5.41, 5.74) is 1.18. The molecule has 122 valence electrons. The SMILES string of the molecule is C[C@]12CCC3[C@@H](CCC4=CC(=O)CC[C@@]43CO)C1CC[C@@H]2O. The average Bonchev–Trinajstić information content (AvgIpc) is 2.82. The number of carbonyl (C=O) groups excluding carboxylic acids is 1. The lowest BCUT2D eigenvalue weighted by molar-refractivity contribution is -0.120. The van der Waals surface area contributed by atoms with Gasteiger partial charge in [0.05, 0.1) is 12.7 Å². The molecule has 3 saturated carbocycles. The van der Waals surface area contributed by atoms with Crippen molar-refractivity contribution >= 4 is 5.78 Å². The van der Waals surface area contributed by atoms with Gasteiger partial charge in [0, 0.05) is 11.8 Å². The first-order valence-electron chi connectivity index (χ1n) is 9.04. The Balaban J connectivity index is 1.71. The van der Waals surface area contributed by atoms with E-state index in [1.165, 1.54) is 5.57 Å². The highest BCUT2D eigenvalue weighted by atomic mass is 16.3. The van der Waals surface area contributed by atoms with Crippen molar-refractivity contribution < 1.29 is 15.0 Å². The Kier molecular flexibility index (Phi) is 3.32. The molecule has 0 aliphatic heterocycles. The van der Waals surface area contributed by atoms with Crippen LogP contribution >= 0.6 is 0 Å². The highest BCUT2D eigenvalue weighted by Crippen LogP contribution is 2.65. The molecule has 2 unspecified atom stereocenters. The van der Waals surface area contributed by atoms with Crippen LogP contribution in [0.25, 0.3) is 0 Å². The molecular formula is C19H28O3. The molecule has 0 aromatic carbocycles. The summed E-state index contributed by atoms with van der Waals surface area (Å²) in [6.45, 7) is 2.48. The number of hydrogen-bond donors (Lipinski definition) is 2. The van der Waals surface area contributed by atoms with Gasteiger partial charge in [-0.1, -0.05) is 12.5 Å². The number of carbonyl (C=O) groups is 1. The molecule has 0 radical (unpaired) electrons. The van der Waals surface area contributed by atoms with Gasteiger partial charge in [0.25, 0.3) is 0 Å². The van der Waals surface area contributed by atoms with Crippen LogP contribution in [0.4, 0.5) is 0 Å². The first kappa shape index (κ1) is 14.9. The van der Waals surface area contributed by atoms with Gasteiger partial charge in [-0.2, -0.15) is 0 Å². The molecule has 22 heavy (non-hydrogen) atoms. The first-order valence-corrected chi connectivity index (χ1v) is 9.04. The third-order valence-corrected chi connectivity index (χ3v) is 7.92.